The number of benzene rings is 1. The Hall–Kier alpha value is -1.27. The first-order valence-corrected chi connectivity index (χ1v) is 6.60. The van der Waals surface area contributed by atoms with Gasteiger partial charge in [-0.1, -0.05) is 6.07 Å². The van der Waals surface area contributed by atoms with Crippen molar-refractivity contribution in [1.29, 1.82) is 0 Å². The molecule has 1 heterocycles. The number of ether oxygens (including phenoxy) is 1. The first kappa shape index (κ1) is 13.2. The molecular weight excluding hydrogens is 326 g/mol. The van der Waals surface area contributed by atoms with Crippen LogP contribution in [-0.2, 0) is 0 Å². The molecule has 6 heteroatoms. The maximum Gasteiger partial charge on any atom is 0.211 e. The van der Waals surface area contributed by atoms with Gasteiger partial charge in [-0.25, -0.2) is 4.39 Å². The number of hydrogen-bond donors (Lipinski definition) is 0. The number of carbonyl (C=O) groups excluding carboxylic acids is 1. The second-order valence-corrected chi connectivity index (χ2v) is 5.13. The van der Waals surface area contributed by atoms with Gasteiger partial charge in [0.15, 0.2) is 18.2 Å². The van der Waals surface area contributed by atoms with Crippen molar-refractivity contribution in [2.45, 2.75) is 0 Å². The maximum atomic E-state index is 13.3. The minimum atomic E-state index is -1.09. The van der Waals surface area contributed by atoms with Gasteiger partial charge in [0.25, 0.3) is 0 Å². The van der Waals surface area contributed by atoms with Gasteiger partial charge in [0.05, 0.1) is 4.88 Å². The van der Waals surface area contributed by atoms with Crippen LogP contribution >= 0.6 is 27.3 Å². The van der Waals surface area contributed by atoms with Crippen molar-refractivity contribution >= 4 is 33.0 Å². The quantitative estimate of drug-likeness (QED) is 0.789. The van der Waals surface area contributed by atoms with E-state index in [1.54, 1.807) is 11.4 Å². The van der Waals surface area contributed by atoms with E-state index in [2.05, 4.69) is 15.9 Å². The third-order valence-corrected chi connectivity index (χ3v) is 4.02. The highest BCUT2D eigenvalue weighted by Crippen LogP contribution is 2.24. The summed E-state index contributed by atoms with van der Waals surface area (Å²) in [5.74, 6) is -2.65. The zero-order valence-electron chi connectivity index (χ0n) is 8.95. The highest BCUT2D eigenvalue weighted by Gasteiger charge is 2.14. The SMILES string of the molecule is O=C(COc1cccc(F)c1F)c1sccc1Br. The molecule has 0 aliphatic heterocycles. The van der Waals surface area contributed by atoms with E-state index in [0.29, 0.717) is 9.35 Å². The average molecular weight is 333 g/mol. The van der Waals surface area contributed by atoms with Crippen molar-refractivity contribution in [2.24, 2.45) is 0 Å². The summed E-state index contributed by atoms with van der Waals surface area (Å²) in [5, 5.41) is 1.75. The Morgan fingerprint density at radius 1 is 1.33 bits per heavy atom. The summed E-state index contributed by atoms with van der Waals surface area (Å²) in [6, 6.07) is 5.31. The average Bonchev–Trinajstić information content (AvgIpc) is 2.77. The van der Waals surface area contributed by atoms with Crippen molar-refractivity contribution < 1.29 is 18.3 Å². The first-order chi connectivity index (χ1) is 8.59. The molecule has 0 fully saturated rings. The molecule has 2 rings (SSSR count). The van der Waals surface area contributed by atoms with E-state index in [1.807, 2.05) is 0 Å². The van der Waals surface area contributed by atoms with E-state index in [1.165, 1.54) is 23.5 Å². The highest BCUT2D eigenvalue weighted by molar-refractivity contribution is 9.10. The Bertz CT molecular complexity index is 583. The Kier molecular flexibility index (Phi) is 4.08. The summed E-state index contributed by atoms with van der Waals surface area (Å²) in [7, 11) is 0. The van der Waals surface area contributed by atoms with E-state index in [4.69, 9.17) is 4.74 Å². The molecule has 0 saturated carbocycles. The van der Waals surface area contributed by atoms with Gasteiger partial charge < -0.3 is 4.74 Å². The normalized spacial score (nSPS) is 10.4. The second kappa shape index (κ2) is 5.58. The lowest BCUT2D eigenvalue weighted by atomic mass is 10.3. The molecule has 0 N–H and O–H groups in total. The Morgan fingerprint density at radius 3 is 2.78 bits per heavy atom. The molecule has 0 atom stereocenters. The number of thiophene rings is 1. The summed E-state index contributed by atoms with van der Waals surface area (Å²) < 4.78 is 31.8. The molecule has 0 saturated heterocycles. The smallest absolute Gasteiger partial charge is 0.211 e. The summed E-state index contributed by atoms with van der Waals surface area (Å²) in [4.78, 5) is 12.2. The van der Waals surface area contributed by atoms with E-state index < -0.39 is 11.6 Å². The van der Waals surface area contributed by atoms with Gasteiger partial charge in [-0.3, -0.25) is 4.79 Å². The van der Waals surface area contributed by atoms with Crippen molar-refractivity contribution in [3.05, 3.63) is 50.6 Å². The fraction of sp³-hybridized carbons (Fsp3) is 0.0833. The molecular formula is C12H7BrF2O2S. The van der Waals surface area contributed by atoms with Gasteiger partial charge in [0, 0.05) is 4.47 Å². The van der Waals surface area contributed by atoms with Gasteiger partial charge >= 0.3 is 0 Å². The van der Waals surface area contributed by atoms with Gasteiger partial charge in [0.1, 0.15) is 0 Å². The van der Waals surface area contributed by atoms with E-state index in [0.717, 1.165) is 6.07 Å². The fourth-order valence-corrected chi connectivity index (χ4v) is 2.82. The lowest BCUT2D eigenvalue weighted by molar-refractivity contribution is 0.0921. The molecule has 0 amide bonds. The zero-order valence-corrected chi connectivity index (χ0v) is 11.4. The molecule has 0 aliphatic rings. The topological polar surface area (TPSA) is 26.3 Å². The van der Waals surface area contributed by atoms with Crippen molar-refractivity contribution in [2.75, 3.05) is 6.61 Å². The van der Waals surface area contributed by atoms with Crippen LogP contribution < -0.4 is 4.74 Å². The zero-order chi connectivity index (χ0) is 13.1. The number of ketones is 1. The molecule has 1 aromatic carbocycles. The molecule has 0 bridgehead atoms. The Morgan fingerprint density at radius 2 is 2.11 bits per heavy atom. The molecule has 0 radical (unpaired) electrons. The molecule has 18 heavy (non-hydrogen) atoms. The van der Waals surface area contributed by atoms with Crippen LogP contribution in [0.25, 0.3) is 0 Å². The van der Waals surface area contributed by atoms with Crippen LogP contribution in [0, 0.1) is 11.6 Å². The number of halogens is 3. The molecule has 0 unspecified atom stereocenters. The lowest BCUT2D eigenvalue weighted by Crippen LogP contribution is -2.11. The van der Waals surface area contributed by atoms with Crippen molar-refractivity contribution in [3.8, 4) is 5.75 Å². The molecule has 2 nitrogen and oxygen atoms in total. The molecule has 1 aromatic heterocycles. The molecule has 0 spiro atoms. The van der Waals surface area contributed by atoms with Crippen LogP contribution in [0.1, 0.15) is 9.67 Å². The minimum absolute atomic E-state index is 0.268. The van der Waals surface area contributed by atoms with Crippen LogP contribution in [-0.4, -0.2) is 12.4 Å². The fourth-order valence-electron chi connectivity index (χ4n) is 1.30. The number of hydrogen-bond acceptors (Lipinski definition) is 3. The lowest BCUT2D eigenvalue weighted by Gasteiger charge is -2.06. The first-order valence-electron chi connectivity index (χ1n) is 4.92. The van der Waals surface area contributed by atoms with E-state index in [-0.39, 0.29) is 18.1 Å². The maximum absolute atomic E-state index is 13.3. The van der Waals surface area contributed by atoms with Crippen LogP contribution in [0.2, 0.25) is 0 Å². The predicted octanol–water partition coefficient (Wildman–Crippen LogP) is 4.05. The van der Waals surface area contributed by atoms with E-state index >= 15 is 0 Å². The number of Topliss-reactive ketones (excluding diaryl/α,β-unsaturated/α-hetero) is 1. The predicted molar refractivity (Wildman–Crippen MR) is 68.2 cm³/mol. The summed E-state index contributed by atoms with van der Waals surface area (Å²) in [5.41, 5.74) is 0. The monoisotopic (exact) mass is 332 g/mol. The van der Waals surface area contributed by atoms with Crippen molar-refractivity contribution in [3.63, 3.8) is 0 Å². The molecule has 2 aromatic rings. The molecule has 94 valence electrons. The third-order valence-electron chi connectivity index (χ3n) is 2.15. The Labute approximate surface area is 114 Å². The van der Waals surface area contributed by atoms with Gasteiger partial charge in [-0.2, -0.15) is 4.39 Å². The largest absolute Gasteiger partial charge is 0.482 e. The summed E-state index contributed by atoms with van der Waals surface area (Å²) in [6.07, 6.45) is 0. The van der Waals surface area contributed by atoms with Gasteiger partial charge in [-0.05, 0) is 39.5 Å². The summed E-state index contributed by atoms with van der Waals surface area (Å²) in [6.45, 7) is -0.334. The van der Waals surface area contributed by atoms with E-state index in [9.17, 15) is 13.6 Å². The number of carbonyl (C=O) groups is 1. The Balaban J connectivity index is 2.06. The molecule has 0 aliphatic carbocycles. The van der Waals surface area contributed by atoms with Crippen molar-refractivity contribution in [1.82, 2.24) is 0 Å². The van der Waals surface area contributed by atoms with Crippen LogP contribution in [0.4, 0.5) is 8.78 Å². The standard InChI is InChI=1S/C12H7BrF2O2S/c13-7-4-5-18-12(7)9(16)6-17-10-3-1-2-8(14)11(10)15/h1-5H,6H2. The summed E-state index contributed by atoms with van der Waals surface area (Å²) >= 11 is 4.48. The van der Waals surface area contributed by atoms with Crippen LogP contribution in [0.5, 0.6) is 5.75 Å². The highest BCUT2D eigenvalue weighted by atomic mass is 79.9. The minimum Gasteiger partial charge on any atom is -0.482 e. The van der Waals surface area contributed by atoms with Gasteiger partial charge in [-0.15, -0.1) is 11.3 Å². The van der Waals surface area contributed by atoms with Crippen LogP contribution in [0.15, 0.2) is 34.1 Å². The van der Waals surface area contributed by atoms with Crippen LogP contribution in [0.3, 0.4) is 0 Å². The number of rotatable bonds is 4. The third kappa shape index (κ3) is 2.76. The van der Waals surface area contributed by atoms with Gasteiger partial charge in [0.2, 0.25) is 11.6 Å². The second-order valence-electron chi connectivity index (χ2n) is 3.36.